The minimum atomic E-state index is -0.630. The van der Waals surface area contributed by atoms with Crippen LogP contribution < -0.4 is 0 Å². The lowest BCUT2D eigenvalue weighted by Gasteiger charge is -2.39. The van der Waals surface area contributed by atoms with Gasteiger partial charge in [-0.05, 0) is 34.1 Å². The summed E-state index contributed by atoms with van der Waals surface area (Å²) < 4.78 is 16.4. The van der Waals surface area contributed by atoms with Gasteiger partial charge in [0, 0.05) is 12.5 Å². The highest BCUT2D eigenvalue weighted by atomic mass is 16.7. The Bertz CT molecular complexity index is 917. The van der Waals surface area contributed by atoms with Crippen LogP contribution in [0, 0.1) is 0 Å². The molecule has 0 heterocycles. The molecule has 0 amide bonds. The van der Waals surface area contributed by atoms with Crippen LogP contribution in [0.3, 0.4) is 0 Å². The average molecular weight is 395 g/mol. The fraction of sp³-hybridized carbons (Fsp3) is 0.480. The lowest BCUT2D eigenvalue weighted by molar-refractivity contribution is -0.0281. The number of hydrogen-bond donors (Lipinski definition) is 0. The van der Waals surface area contributed by atoms with Gasteiger partial charge in [-0.25, -0.2) is 4.79 Å². The second-order valence-corrected chi connectivity index (χ2v) is 9.43. The molecule has 0 saturated carbocycles. The zero-order valence-corrected chi connectivity index (χ0v) is 18.0. The lowest BCUT2D eigenvalue weighted by Crippen LogP contribution is -2.46. The number of carbonyl (C=O) groups excluding carboxylic acids is 1. The normalized spacial score (nSPS) is 25.5. The van der Waals surface area contributed by atoms with Crippen LogP contribution in [-0.2, 0) is 30.5 Å². The smallest absolute Gasteiger partial charge is 0.432 e. The van der Waals surface area contributed by atoms with Crippen molar-refractivity contribution in [3.05, 3.63) is 70.8 Å². The molecule has 0 radical (unpaired) electrons. The van der Waals surface area contributed by atoms with E-state index in [2.05, 4.69) is 76.2 Å². The summed E-state index contributed by atoms with van der Waals surface area (Å²) in [6, 6.07) is 17.1. The van der Waals surface area contributed by atoms with Crippen molar-refractivity contribution in [2.75, 3.05) is 20.3 Å². The topological polar surface area (TPSA) is 44.8 Å². The molecule has 1 spiro atoms. The van der Waals surface area contributed by atoms with E-state index in [0.717, 1.165) is 6.42 Å². The first-order chi connectivity index (χ1) is 13.7. The maximum absolute atomic E-state index is 12.6. The Labute approximate surface area is 173 Å². The zero-order valence-electron chi connectivity index (χ0n) is 18.0. The van der Waals surface area contributed by atoms with Gasteiger partial charge in [0.25, 0.3) is 0 Å². The van der Waals surface area contributed by atoms with Gasteiger partial charge in [0.2, 0.25) is 0 Å². The summed E-state index contributed by atoms with van der Waals surface area (Å²) in [5.41, 5.74) is 4.34. The highest BCUT2D eigenvalue weighted by Gasteiger charge is 2.64. The molecule has 2 aliphatic rings. The van der Waals surface area contributed by atoms with Crippen LogP contribution in [0.25, 0.3) is 0 Å². The van der Waals surface area contributed by atoms with E-state index in [-0.39, 0.29) is 29.0 Å². The number of carbonyl (C=O) groups is 1. The Balaban J connectivity index is 1.85. The van der Waals surface area contributed by atoms with E-state index >= 15 is 0 Å². The molecule has 0 aliphatic heterocycles. The Kier molecular flexibility index (Phi) is 4.73. The SMILES string of the molecule is COCCOC(=O)OC1C(C)(C)c2ccccc2C12CC(C)(C)c1ccccc12. The average Bonchev–Trinajstić information content (AvgIpc) is 3.04. The van der Waals surface area contributed by atoms with E-state index < -0.39 is 6.16 Å². The monoisotopic (exact) mass is 394 g/mol. The third-order valence-electron chi connectivity index (χ3n) is 6.78. The van der Waals surface area contributed by atoms with Crippen LogP contribution >= 0.6 is 0 Å². The molecule has 4 heteroatoms. The molecule has 2 aliphatic carbocycles. The van der Waals surface area contributed by atoms with Gasteiger partial charge < -0.3 is 14.2 Å². The van der Waals surface area contributed by atoms with E-state index in [1.54, 1.807) is 7.11 Å². The summed E-state index contributed by atoms with van der Waals surface area (Å²) >= 11 is 0. The molecule has 2 unspecified atom stereocenters. The van der Waals surface area contributed by atoms with Gasteiger partial charge in [-0.1, -0.05) is 76.2 Å². The quantitative estimate of drug-likeness (QED) is 0.534. The van der Waals surface area contributed by atoms with Crippen LogP contribution in [-0.4, -0.2) is 32.6 Å². The van der Waals surface area contributed by atoms with Crippen molar-refractivity contribution in [3.8, 4) is 0 Å². The molecular formula is C25H30O4. The Morgan fingerprint density at radius 1 is 0.897 bits per heavy atom. The molecule has 2 aromatic carbocycles. The molecule has 4 rings (SSSR count). The van der Waals surface area contributed by atoms with Crippen LogP contribution in [0.1, 0.15) is 56.4 Å². The van der Waals surface area contributed by atoms with Crippen molar-refractivity contribution in [1.82, 2.24) is 0 Å². The summed E-state index contributed by atoms with van der Waals surface area (Å²) in [7, 11) is 1.58. The fourth-order valence-electron chi connectivity index (χ4n) is 5.74. The summed E-state index contributed by atoms with van der Waals surface area (Å²) in [5.74, 6) is 0. The number of ether oxygens (including phenoxy) is 3. The third kappa shape index (κ3) is 2.88. The zero-order chi connectivity index (χ0) is 20.9. The number of fused-ring (bicyclic) bond motifs is 4. The Hall–Kier alpha value is -2.33. The van der Waals surface area contributed by atoms with Crippen molar-refractivity contribution >= 4 is 6.16 Å². The van der Waals surface area contributed by atoms with Gasteiger partial charge >= 0.3 is 6.16 Å². The first-order valence-electron chi connectivity index (χ1n) is 10.3. The Morgan fingerprint density at radius 2 is 1.45 bits per heavy atom. The number of rotatable bonds is 4. The van der Waals surface area contributed by atoms with Crippen LogP contribution in [0.4, 0.5) is 4.79 Å². The first kappa shape index (κ1) is 20.0. The van der Waals surface area contributed by atoms with Crippen molar-refractivity contribution in [3.63, 3.8) is 0 Å². The van der Waals surface area contributed by atoms with Crippen molar-refractivity contribution in [1.29, 1.82) is 0 Å². The van der Waals surface area contributed by atoms with Gasteiger partial charge in [-0.2, -0.15) is 0 Å². The van der Waals surface area contributed by atoms with E-state index in [0.29, 0.717) is 6.61 Å². The highest BCUT2D eigenvalue weighted by Crippen LogP contribution is 2.63. The van der Waals surface area contributed by atoms with Crippen LogP contribution in [0.15, 0.2) is 48.5 Å². The summed E-state index contributed by atoms with van der Waals surface area (Å²) in [6.07, 6.45) is -0.102. The standard InChI is InChI=1S/C25H30O4/c1-23(2)16-25(19-12-8-6-10-17(19)23)20-13-9-7-11-18(20)24(3,4)21(25)29-22(26)28-15-14-27-5/h6-13,21H,14-16H2,1-5H3. The maximum Gasteiger partial charge on any atom is 0.508 e. The second kappa shape index (κ2) is 6.88. The largest absolute Gasteiger partial charge is 0.508 e. The molecule has 154 valence electrons. The second-order valence-electron chi connectivity index (χ2n) is 9.43. The van der Waals surface area contributed by atoms with Crippen molar-refractivity contribution in [2.45, 2.75) is 56.5 Å². The third-order valence-corrected chi connectivity index (χ3v) is 6.78. The fourth-order valence-corrected chi connectivity index (χ4v) is 5.74. The number of hydrogen-bond acceptors (Lipinski definition) is 4. The van der Waals surface area contributed by atoms with Gasteiger partial charge in [-0.3, -0.25) is 0 Å². The molecule has 0 aromatic heterocycles. The molecule has 2 atom stereocenters. The van der Waals surface area contributed by atoms with Gasteiger partial charge in [0.15, 0.2) is 0 Å². The van der Waals surface area contributed by atoms with E-state index in [1.165, 1.54) is 22.3 Å². The van der Waals surface area contributed by atoms with Gasteiger partial charge in [-0.15, -0.1) is 0 Å². The minimum Gasteiger partial charge on any atom is -0.432 e. The maximum atomic E-state index is 12.6. The van der Waals surface area contributed by atoms with E-state index in [9.17, 15) is 4.79 Å². The molecular weight excluding hydrogens is 364 g/mol. The van der Waals surface area contributed by atoms with Gasteiger partial charge in [0.1, 0.15) is 12.7 Å². The number of methoxy groups -OCH3 is 1. The molecule has 2 aromatic rings. The van der Waals surface area contributed by atoms with Gasteiger partial charge in [0.05, 0.1) is 12.0 Å². The van der Waals surface area contributed by atoms with E-state index in [4.69, 9.17) is 14.2 Å². The summed E-state index contributed by atoms with van der Waals surface area (Å²) in [5, 5.41) is 0. The molecule has 0 bridgehead atoms. The molecule has 0 fully saturated rings. The van der Waals surface area contributed by atoms with Crippen molar-refractivity contribution < 1.29 is 19.0 Å². The van der Waals surface area contributed by atoms with E-state index in [1.807, 2.05) is 0 Å². The molecule has 0 N–H and O–H groups in total. The molecule has 0 saturated heterocycles. The predicted octanol–water partition coefficient (Wildman–Crippen LogP) is 5.11. The minimum absolute atomic E-state index is 0.0221. The molecule has 4 nitrogen and oxygen atoms in total. The molecule has 29 heavy (non-hydrogen) atoms. The van der Waals surface area contributed by atoms with Crippen LogP contribution in [0.2, 0.25) is 0 Å². The highest BCUT2D eigenvalue weighted by molar-refractivity contribution is 5.66. The first-order valence-corrected chi connectivity index (χ1v) is 10.3. The summed E-state index contributed by atoms with van der Waals surface area (Å²) in [4.78, 5) is 12.6. The predicted molar refractivity (Wildman–Crippen MR) is 112 cm³/mol. The van der Waals surface area contributed by atoms with Crippen LogP contribution in [0.5, 0.6) is 0 Å². The van der Waals surface area contributed by atoms with Crippen molar-refractivity contribution in [2.24, 2.45) is 0 Å². The lowest BCUT2D eigenvalue weighted by atomic mass is 9.70. The number of benzene rings is 2. The Morgan fingerprint density at radius 3 is 2.07 bits per heavy atom. The summed E-state index contributed by atoms with van der Waals surface area (Å²) in [6.45, 7) is 9.43.